The molecule has 0 fully saturated rings. The van der Waals surface area contributed by atoms with E-state index >= 15 is 0 Å². The number of benzene rings is 2. The number of ether oxygens (including phenoxy) is 3. The van der Waals surface area contributed by atoms with Gasteiger partial charge in [0.15, 0.2) is 11.5 Å². The maximum Gasteiger partial charge on any atom is 0.259 e. The van der Waals surface area contributed by atoms with Gasteiger partial charge in [-0.15, -0.1) is 0 Å². The number of fused-ring (bicyclic) bond motifs is 1. The second-order valence-electron chi connectivity index (χ2n) is 5.64. The highest BCUT2D eigenvalue weighted by atomic mass is 16.6. The number of rotatable bonds is 6. The van der Waals surface area contributed by atoms with Crippen molar-refractivity contribution < 1.29 is 19.0 Å². The predicted molar refractivity (Wildman–Crippen MR) is 99.3 cm³/mol. The number of hydrazone groups is 1. The van der Waals surface area contributed by atoms with Gasteiger partial charge in [-0.2, -0.15) is 5.10 Å². The number of carbonyl (C=O) groups is 1. The van der Waals surface area contributed by atoms with Crippen LogP contribution in [0.3, 0.4) is 0 Å². The maximum absolute atomic E-state index is 12.0. The first-order valence-electron chi connectivity index (χ1n) is 8.27. The van der Waals surface area contributed by atoms with Gasteiger partial charge in [-0.1, -0.05) is 12.1 Å². The molecule has 0 atom stereocenters. The number of para-hydroxylation sites is 2. The number of amides is 1. The normalized spacial score (nSPS) is 13.1. The van der Waals surface area contributed by atoms with Crippen LogP contribution in [-0.4, -0.2) is 38.5 Å². The van der Waals surface area contributed by atoms with Gasteiger partial charge in [-0.25, -0.2) is 5.43 Å². The number of anilines is 1. The van der Waals surface area contributed by atoms with Gasteiger partial charge in [-0.3, -0.25) is 4.79 Å². The van der Waals surface area contributed by atoms with Crippen LogP contribution in [0.2, 0.25) is 0 Å². The number of hydrogen-bond donors (Lipinski definition) is 2. The Morgan fingerprint density at radius 2 is 1.92 bits per heavy atom. The Balaban J connectivity index is 1.57. The van der Waals surface area contributed by atoms with Crippen molar-refractivity contribution in [3.63, 3.8) is 0 Å². The van der Waals surface area contributed by atoms with E-state index in [0.717, 1.165) is 17.0 Å². The van der Waals surface area contributed by atoms with Crippen LogP contribution in [0, 0.1) is 0 Å². The summed E-state index contributed by atoms with van der Waals surface area (Å²) in [7, 11) is 1.58. The molecule has 1 heterocycles. The van der Waals surface area contributed by atoms with Crippen LogP contribution < -0.4 is 25.0 Å². The third kappa shape index (κ3) is 4.24. The number of nitrogens with one attached hydrogen (secondary N) is 2. The van der Waals surface area contributed by atoms with Gasteiger partial charge >= 0.3 is 0 Å². The fourth-order valence-electron chi connectivity index (χ4n) is 2.48. The first-order chi connectivity index (χ1) is 12.7. The highest BCUT2D eigenvalue weighted by Gasteiger charge is 2.12. The zero-order valence-electron chi connectivity index (χ0n) is 14.7. The summed E-state index contributed by atoms with van der Waals surface area (Å²) in [6.07, 6.45) is 0. The zero-order valence-corrected chi connectivity index (χ0v) is 14.7. The minimum atomic E-state index is -0.257. The van der Waals surface area contributed by atoms with Crippen LogP contribution in [0.15, 0.2) is 47.6 Å². The monoisotopic (exact) mass is 355 g/mol. The van der Waals surface area contributed by atoms with Gasteiger partial charge in [0.05, 0.1) is 25.1 Å². The fraction of sp³-hybridized carbons (Fsp3) is 0.263. The number of hydrogen-bond acceptors (Lipinski definition) is 6. The van der Waals surface area contributed by atoms with Gasteiger partial charge in [-0.05, 0) is 37.3 Å². The molecule has 0 unspecified atom stereocenters. The summed E-state index contributed by atoms with van der Waals surface area (Å²) >= 11 is 0. The summed E-state index contributed by atoms with van der Waals surface area (Å²) in [5.74, 6) is 1.83. The lowest BCUT2D eigenvalue weighted by molar-refractivity contribution is -0.119. The van der Waals surface area contributed by atoms with E-state index < -0.39 is 0 Å². The molecule has 0 spiro atoms. The molecule has 0 bridgehead atoms. The van der Waals surface area contributed by atoms with Crippen LogP contribution in [0.5, 0.6) is 17.2 Å². The van der Waals surface area contributed by atoms with Crippen molar-refractivity contribution in [2.75, 3.05) is 32.2 Å². The van der Waals surface area contributed by atoms with E-state index in [4.69, 9.17) is 14.2 Å². The van der Waals surface area contributed by atoms with Crippen LogP contribution in [0.1, 0.15) is 12.5 Å². The SMILES string of the molecule is COc1ccccc1NCC(=O)N/N=C(\C)c1ccc2c(c1)OCCO2. The van der Waals surface area contributed by atoms with E-state index in [1.807, 2.05) is 49.4 Å². The Bertz CT molecular complexity index is 820. The molecule has 0 saturated carbocycles. The van der Waals surface area contributed by atoms with Crippen molar-refractivity contribution in [3.8, 4) is 17.2 Å². The largest absolute Gasteiger partial charge is 0.495 e. The van der Waals surface area contributed by atoms with E-state index in [1.165, 1.54) is 0 Å². The molecule has 1 aliphatic heterocycles. The smallest absolute Gasteiger partial charge is 0.259 e. The minimum Gasteiger partial charge on any atom is -0.495 e. The Morgan fingerprint density at radius 3 is 2.73 bits per heavy atom. The van der Waals surface area contributed by atoms with Crippen molar-refractivity contribution >= 4 is 17.3 Å². The molecule has 3 rings (SSSR count). The van der Waals surface area contributed by atoms with Crippen LogP contribution in [0.4, 0.5) is 5.69 Å². The average molecular weight is 355 g/mol. The predicted octanol–water partition coefficient (Wildman–Crippen LogP) is 2.42. The molecule has 7 nitrogen and oxygen atoms in total. The maximum atomic E-state index is 12.0. The molecule has 0 radical (unpaired) electrons. The van der Waals surface area contributed by atoms with Crippen molar-refractivity contribution in [2.45, 2.75) is 6.92 Å². The van der Waals surface area contributed by atoms with Crippen molar-refractivity contribution in [1.29, 1.82) is 0 Å². The van der Waals surface area contributed by atoms with Crippen LogP contribution in [0.25, 0.3) is 0 Å². The lowest BCUT2D eigenvalue weighted by atomic mass is 10.1. The highest BCUT2D eigenvalue weighted by Crippen LogP contribution is 2.30. The van der Waals surface area contributed by atoms with Crippen molar-refractivity contribution in [1.82, 2.24) is 5.43 Å². The molecule has 0 aliphatic carbocycles. The third-order valence-corrected chi connectivity index (χ3v) is 3.85. The van der Waals surface area contributed by atoms with E-state index in [2.05, 4.69) is 15.8 Å². The van der Waals surface area contributed by atoms with E-state index in [-0.39, 0.29) is 12.5 Å². The van der Waals surface area contributed by atoms with E-state index in [0.29, 0.717) is 30.4 Å². The first kappa shape index (κ1) is 17.6. The number of methoxy groups -OCH3 is 1. The summed E-state index contributed by atoms with van der Waals surface area (Å²) in [6, 6.07) is 13.0. The first-order valence-corrected chi connectivity index (χ1v) is 8.27. The van der Waals surface area contributed by atoms with Crippen LogP contribution >= 0.6 is 0 Å². The topological polar surface area (TPSA) is 81.2 Å². The quantitative estimate of drug-likeness (QED) is 0.614. The zero-order chi connectivity index (χ0) is 18.4. The molecule has 2 N–H and O–H groups in total. The molecule has 0 saturated heterocycles. The summed E-state index contributed by atoms with van der Waals surface area (Å²) in [5, 5.41) is 7.17. The molecule has 7 heteroatoms. The molecule has 1 aliphatic rings. The molecule has 26 heavy (non-hydrogen) atoms. The summed E-state index contributed by atoms with van der Waals surface area (Å²) in [6.45, 7) is 2.98. The Morgan fingerprint density at radius 1 is 1.15 bits per heavy atom. The van der Waals surface area contributed by atoms with Gasteiger partial charge < -0.3 is 19.5 Å². The lowest BCUT2D eigenvalue weighted by Crippen LogP contribution is -2.27. The molecular formula is C19H21N3O4. The van der Waals surface area contributed by atoms with Gasteiger partial charge in [0.25, 0.3) is 5.91 Å². The Hall–Kier alpha value is -3.22. The van der Waals surface area contributed by atoms with E-state index in [1.54, 1.807) is 7.11 Å². The van der Waals surface area contributed by atoms with Crippen molar-refractivity contribution in [2.24, 2.45) is 5.10 Å². The standard InChI is InChI=1S/C19H21N3O4/c1-13(14-7-8-17-18(11-14)26-10-9-25-17)21-22-19(23)12-20-15-5-3-4-6-16(15)24-2/h3-8,11,20H,9-10,12H2,1-2H3,(H,22,23)/b21-13+. The summed E-state index contributed by atoms with van der Waals surface area (Å²) < 4.78 is 16.3. The van der Waals surface area contributed by atoms with Crippen molar-refractivity contribution in [3.05, 3.63) is 48.0 Å². The molecule has 2 aromatic rings. The minimum absolute atomic E-state index is 0.0816. The molecule has 0 aromatic heterocycles. The molecular weight excluding hydrogens is 334 g/mol. The molecule has 2 aromatic carbocycles. The average Bonchev–Trinajstić information content (AvgIpc) is 2.70. The molecule has 136 valence electrons. The number of nitrogens with zero attached hydrogens (tertiary/aromatic N) is 1. The summed E-state index contributed by atoms with van der Waals surface area (Å²) in [4.78, 5) is 12.0. The summed E-state index contributed by atoms with van der Waals surface area (Å²) in [5.41, 5.74) is 4.82. The fourth-order valence-corrected chi connectivity index (χ4v) is 2.48. The van der Waals surface area contributed by atoms with Gasteiger partial charge in [0.1, 0.15) is 19.0 Å². The van der Waals surface area contributed by atoms with Gasteiger partial charge in [0.2, 0.25) is 0 Å². The molecule has 1 amide bonds. The second kappa shape index (κ2) is 8.24. The Labute approximate surface area is 152 Å². The lowest BCUT2D eigenvalue weighted by Gasteiger charge is -2.18. The number of carbonyl (C=O) groups excluding carboxylic acids is 1. The second-order valence-corrected chi connectivity index (χ2v) is 5.64. The Kier molecular flexibility index (Phi) is 5.58. The van der Waals surface area contributed by atoms with E-state index in [9.17, 15) is 4.79 Å². The van der Waals surface area contributed by atoms with Crippen LogP contribution in [-0.2, 0) is 4.79 Å². The third-order valence-electron chi connectivity index (χ3n) is 3.85. The van der Waals surface area contributed by atoms with Gasteiger partial charge in [0, 0.05) is 5.56 Å². The highest BCUT2D eigenvalue weighted by molar-refractivity contribution is 6.00.